The maximum atomic E-state index is 14.7. The average molecular weight is 445 g/mol. The molecule has 33 heavy (non-hydrogen) atoms. The van der Waals surface area contributed by atoms with E-state index in [9.17, 15) is 9.18 Å². The molecule has 0 unspecified atom stereocenters. The number of aromatic nitrogens is 4. The molecule has 7 nitrogen and oxygen atoms in total. The van der Waals surface area contributed by atoms with Gasteiger partial charge >= 0.3 is 0 Å². The fourth-order valence-electron chi connectivity index (χ4n) is 4.28. The summed E-state index contributed by atoms with van der Waals surface area (Å²) in [5.41, 5.74) is 3.82. The van der Waals surface area contributed by atoms with Gasteiger partial charge in [-0.25, -0.2) is 9.37 Å². The summed E-state index contributed by atoms with van der Waals surface area (Å²) >= 11 is 0. The van der Waals surface area contributed by atoms with Crippen LogP contribution in [0.25, 0.3) is 22.2 Å². The van der Waals surface area contributed by atoms with Crippen LogP contribution in [-0.2, 0) is 6.54 Å². The van der Waals surface area contributed by atoms with Crippen LogP contribution in [-0.4, -0.2) is 43.6 Å². The molecule has 4 heterocycles. The number of fused-ring (bicyclic) bond motifs is 1. The Morgan fingerprint density at radius 2 is 2.09 bits per heavy atom. The van der Waals surface area contributed by atoms with E-state index in [2.05, 4.69) is 43.4 Å². The first kappa shape index (κ1) is 21.2. The van der Waals surface area contributed by atoms with Crippen LogP contribution < -0.4 is 5.32 Å². The summed E-state index contributed by atoms with van der Waals surface area (Å²) in [6.45, 7) is 6.06. The summed E-state index contributed by atoms with van der Waals surface area (Å²) in [7, 11) is 0. The van der Waals surface area contributed by atoms with Crippen LogP contribution >= 0.6 is 0 Å². The summed E-state index contributed by atoms with van der Waals surface area (Å²) in [6, 6.07) is 12.4. The maximum absolute atomic E-state index is 14.7. The Hall–Kier alpha value is -3.65. The third-order valence-electron chi connectivity index (χ3n) is 6.17. The molecular weight excluding hydrogens is 419 g/mol. The number of nitrogens with one attached hydrogen (secondary N) is 2. The second-order valence-corrected chi connectivity index (χ2v) is 8.62. The molecule has 8 heteroatoms. The van der Waals surface area contributed by atoms with Gasteiger partial charge in [0, 0.05) is 41.5 Å². The minimum Gasteiger partial charge on any atom is -0.357 e. The highest BCUT2D eigenvalue weighted by Gasteiger charge is 2.21. The van der Waals surface area contributed by atoms with E-state index in [0.29, 0.717) is 23.1 Å². The fourth-order valence-corrected chi connectivity index (χ4v) is 4.28. The number of benzene rings is 1. The molecule has 0 bridgehead atoms. The van der Waals surface area contributed by atoms with Crippen LogP contribution in [0.3, 0.4) is 0 Å². The lowest BCUT2D eigenvalue weighted by Gasteiger charge is -2.19. The number of aryl methyl sites for hydroxylation is 1. The van der Waals surface area contributed by atoms with Gasteiger partial charge in [0.25, 0.3) is 5.91 Å². The van der Waals surface area contributed by atoms with Crippen molar-refractivity contribution in [1.82, 2.24) is 25.1 Å². The van der Waals surface area contributed by atoms with Crippen molar-refractivity contribution in [3.8, 4) is 11.3 Å². The Labute approximate surface area is 191 Å². The van der Waals surface area contributed by atoms with Crippen molar-refractivity contribution in [2.45, 2.75) is 39.3 Å². The summed E-state index contributed by atoms with van der Waals surface area (Å²) in [5.74, 6) is -0.822. The van der Waals surface area contributed by atoms with E-state index in [1.54, 1.807) is 30.5 Å². The van der Waals surface area contributed by atoms with E-state index in [0.717, 1.165) is 35.4 Å². The van der Waals surface area contributed by atoms with E-state index in [1.165, 1.54) is 25.0 Å². The van der Waals surface area contributed by atoms with Gasteiger partial charge in [0.2, 0.25) is 0 Å². The lowest BCUT2D eigenvalue weighted by atomic mass is 10.1. The standard InChI is InChI=1S/C25H25FN6O/c1-15-5-8-22(31-30-15)17-6-7-20(21(26)11-17)25(33)29-24-12-23-18(13-27-24)10-19(28-23)14-32-9-3-4-16(32)2/h5-8,10-13,16,28H,3-4,9,14H2,1-2H3,(H,27,29,33)/t16-/m0/s1. The first-order valence-electron chi connectivity index (χ1n) is 11.1. The molecule has 1 fully saturated rings. The number of nitrogens with zero attached hydrogens (tertiary/aromatic N) is 4. The van der Waals surface area contributed by atoms with Gasteiger partial charge in [0.1, 0.15) is 11.6 Å². The minimum atomic E-state index is -0.629. The van der Waals surface area contributed by atoms with Gasteiger partial charge in [-0.05, 0) is 63.6 Å². The first-order chi connectivity index (χ1) is 16.0. The second-order valence-electron chi connectivity index (χ2n) is 8.62. The van der Waals surface area contributed by atoms with Crippen molar-refractivity contribution < 1.29 is 9.18 Å². The summed E-state index contributed by atoms with van der Waals surface area (Å²) < 4.78 is 14.7. The van der Waals surface area contributed by atoms with Gasteiger partial charge in [-0.3, -0.25) is 9.69 Å². The highest BCUT2D eigenvalue weighted by molar-refractivity contribution is 6.04. The molecule has 1 atom stereocenters. The number of carbonyl (C=O) groups excluding carboxylic acids is 1. The third kappa shape index (κ3) is 4.47. The van der Waals surface area contributed by atoms with Crippen molar-refractivity contribution in [2.75, 3.05) is 11.9 Å². The van der Waals surface area contributed by atoms with Crippen LogP contribution in [0.5, 0.6) is 0 Å². The Morgan fingerprint density at radius 1 is 1.21 bits per heavy atom. The Kier molecular flexibility index (Phi) is 5.60. The van der Waals surface area contributed by atoms with Crippen LogP contribution in [0, 0.1) is 12.7 Å². The van der Waals surface area contributed by atoms with E-state index in [-0.39, 0.29) is 5.56 Å². The molecule has 168 valence electrons. The van der Waals surface area contributed by atoms with Crippen LogP contribution in [0.4, 0.5) is 10.2 Å². The number of aromatic amines is 1. The molecule has 5 rings (SSSR count). The zero-order valence-corrected chi connectivity index (χ0v) is 18.6. The fraction of sp³-hybridized carbons (Fsp3) is 0.280. The van der Waals surface area contributed by atoms with E-state index < -0.39 is 11.7 Å². The summed E-state index contributed by atoms with van der Waals surface area (Å²) in [6.07, 6.45) is 4.18. The molecule has 0 spiro atoms. The zero-order valence-electron chi connectivity index (χ0n) is 18.6. The lowest BCUT2D eigenvalue weighted by molar-refractivity contribution is 0.102. The molecule has 2 N–H and O–H groups in total. The molecule has 0 radical (unpaired) electrons. The topological polar surface area (TPSA) is 86.8 Å². The minimum absolute atomic E-state index is 0.0593. The largest absolute Gasteiger partial charge is 0.357 e. The summed E-state index contributed by atoms with van der Waals surface area (Å²) in [5, 5.41) is 11.7. The summed E-state index contributed by atoms with van der Waals surface area (Å²) in [4.78, 5) is 22.9. The Bertz CT molecular complexity index is 1320. The van der Waals surface area contributed by atoms with E-state index >= 15 is 0 Å². The number of anilines is 1. The average Bonchev–Trinajstić information content (AvgIpc) is 3.39. The maximum Gasteiger partial charge on any atom is 0.259 e. The van der Waals surface area contributed by atoms with E-state index in [4.69, 9.17) is 0 Å². The number of pyridine rings is 1. The quantitative estimate of drug-likeness (QED) is 0.466. The number of H-pyrrole nitrogens is 1. The van der Waals surface area contributed by atoms with Crippen molar-refractivity contribution in [2.24, 2.45) is 0 Å². The van der Waals surface area contributed by atoms with Gasteiger partial charge in [0.05, 0.1) is 22.5 Å². The van der Waals surface area contributed by atoms with E-state index in [1.807, 2.05) is 6.92 Å². The zero-order chi connectivity index (χ0) is 22.9. The van der Waals surface area contributed by atoms with Gasteiger partial charge in [-0.2, -0.15) is 10.2 Å². The predicted molar refractivity (Wildman–Crippen MR) is 125 cm³/mol. The molecule has 1 aliphatic heterocycles. The number of likely N-dealkylation sites (tertiary alicyclic amines) is 1. The SMILES string of the molecule is Cc1ccc(-c2ccc(C(=O)Nc3cc4[nH]c(CN5CCC[C@@H]5C)cc4cn3)c(F)c2)nn1. The molecule has 1 amide bonds. The van der Waals surface area contributed by atoms with Crippen molar-refractivity contribution in [3.63, 3.8) is 0 Å². The molecular formula is C25H25FN6O. The highest BCUT2D eigenvalue weighted by Crippen LogP contribution is 2.24. The number of amides is 1. The van der Waals surface area contributed by atoms with Crippen LogP contribution in [0.1, 0.15) is 41.5 Å². The number of rotatable bonds is 5. The molecule has 0 saturated carbocycles. The molecule has 1 aliphatic rings. The van der Waals surface area contributed by atoms with Crippen molar-refractivity contribution in [3.05, 3.63) is 71.4 Å². The van der Waals surface area contributed by atoms with Gasteiger partial charge in [0.15, 0.2) is 0 Å². The smallest absolute Gasteiger partial charge is 0.259 e. The predicted octanol–water partition coefficient (Wildman–Crippen LogP) is 4.70. The highest BCUT2D eigenvalue weighted by atomic mass is 19.1. The van der Waals surface area contributed by atoms with Crippen LogP contribution in [0.2, 0.25) is 0 Å². The second kappa shape index (κ2) is 8.71. The normalized spacial score (nSPS) is 16.4. The van der Waals surface area contributed by atoms with Gasteiger partial charge < -0.3 is 10.3 Å². The number of halogens is 1. The number of carbonyl (C=O) groups is 1. The number of hydrogen-bond donors (Lipinski definition) is 2. The molecule has 0 aliphatic carbocycles. The Morgan fingerprint density at radius 3 is 2.82 bits per heavy atom. The first-order valence-corrected chi connectivity index (χ1v) is 11.1. The van der Waals surface area contributed by atoms with Gasteiger partial charge in [-0.1, -0.05) is 6.07 Å². The van der Waals surface area contributed by atoms with Gasteiger partial charge in [-0.15, -0.1) is 0 Å². The monoisotopic (exact) mass is 444 g/mol. The molecule has 3 aromatic heterocycles. The van der Waals surface area contributed by atoms with Crippen LogP contribution in [0.15, 0.2) is 48.7 Å². The third-order valence-corrected chi connectivity index (χ3v) is 6.17. The number of hydrogen-bond acceptors (Lipinski definition) is 5. The van der Waals surface area contributed by atoms with Crippen molar-refractivity contribution in [1.29, 1.82) is 0 Å². The molecule has 1 aromatic carbocycles. The molecule has 1 saturated heterocycles. The Balaban J connectivity index is 1.31. The van der Waals surface area contributed by atoms with Crippen molar-refractivity contribution >= 4 is 22.6 Å². The lowest BCUT2D eigenvalue weighted by Crippen LogP contribution is -2.26. The molecule has 4 aromatic rings.